The van der Waals surface area contributed by atoms with Gasteiger partial charge in [-0.05, 0) is 48.1 Å². The minimum absolute atomic E-state index is 0.488. The fraction of sp³-hybridized carbons (Fsp3) is 0.143. The molecule has 0 saturated heterocycles. The fourth-order valence-electron chi connectivity index (χ4n) is 4.26. The Morgan fingerprint density at radius 3 is 1.00 bits per heavy atom. The molecule has 0 heterocycles. The quantitative estimate of drug-likeness (QED) is 0.0485. The summed E-state index contributed by atoms with van der Waals surface area (Å²) < 4.78 is 108. The normalized spacial score (nSPS) is 13.9. The van der Waals surface area contributed by atoms with Gasteiger partial charge in [-0.3, -0.25) is 0 Å². The van der Waals surface area contributed by atoms with E-state index in [4.69, 9.17) is 6.57 Å². The third-order valence-electron chi connectivity index (χ3n) is 7.14. The SMILES string of the molecule is C[C]1[C](C)[C](C)[C](C)[C]1C.F[B-](F)(F)F.Fc1c(F)c(F)c(P(c2ccccc2)c2ccccc2)c(F)c1F.[C-]#[N+]c1ccccc1.[Cl][Rh+2]. The Morgan fingerprint density at radius 1 is 0.510 bits per heavy atom. The minimum atomic E-state index is -6.00. The first-order valence-electron chi connectivity index (χ1n) is 14.0. The molecule has 261 valence electrons. The van der Waals surface area contributed by atoms with E-state index in [9.17, 15) is 39.2 Å². The predicted octanol–water partition coefficient (Wildman–Crippen LogP) is 11.3. The van der Waals surface area contributed by atoms with Gasteiger partial charge in [-0.1, -0.05) is 126 Å². The van der Waals surface area contributed by atoms with Crippen LogP contribution in [0.1, 0.15) is 34.6 Å². The van der Waals surface area contributed by atoms with Gasteiger partial charge in [0.05, 0.1) is 11.9 Å². The molecule has 0 aromatic heterocycles. The molecule has 0 spiro atoms. The van der Waals surface area contributed by atoms with Crippen molar-refractivity contribution in [3.05, 3.63) is 161 Å². The van der Waals surface area contributed by atoms with Gasteiger partial charge in [0.15, 0.2) is 29.0 Å². The zero-order valence-corrected chi connectivity index (χ0v) is 30.0. The summed E-state index contributed by atoms with van der Waals surface area (Å²) in [5.41, 5.74) is 0.701. The van der Waals surface area contributed by atoms with Crippen molar-refractivity contribution in [2.75, 3.05) is 0 Å². The molecule has 14 heteroatoms. The molecule has 4 aromatic rings. The van der Waals surface area contributed by atoms with E-state index < -0.39 is 49.6 Å². The van der Waals surface area contributed by atoms with Gasteiger partial charge in [-0.2, -0.15) is 0 Å². The molecular formula is C35H30BClF9NPRh+. The number of benzene rings is 4. The molecule has 0 aliphatic heterocycles. The number of para-hydroxylation sites is 1. The summed E-state index contributed by atoms with van der Waals surface area (Å²) in [6.45, 7) is 17.6. The van der Waals surface area contributed by atoms with Gasteiger partial charge in [0, 0.05) is 0 Å². The monoisotopic (exact) mass is 815 g/mol. The number of halogens is 10. The molecule has 0 atom stereocenters. The van der Waals surface area contributed by atoms with Crippen LogP contribution in [0.4, 0.5) is 44.9 Å². The van der Waals surface area contributed by atoms with Crippen LogP contribution in [-0.2, 0) is 17.3 Å². The molecule has 1 nitrogen and oxygen atoms in total. The second-order valence-electron chi connectivity index (χ2n) is 9.99. The first-order valence-corrected chi connectivity index (χ1v) is 17.5. The Balaban J connectivity index is 0.000000393. The van der Waals surface area contributed by atoms with Crippen molar-refractivity contribution < 1.29 is 56.5 Å². The average Bonchev–Trinajstić information content (AvgIpc) is 3.27. The van der Waals surface area contributed by atoms with Crippen LogP contribution in [-0.4, -0.2) is 7.25 Å². The molecule has 1 aliphatic rings. The van der Waals surface area contributed by atoms with Gasteiger partial charge in [0.1, 0.15) is 0 Å². The third kappa shape index (κ3) is 13.4. The van der Waals surface area contributed by atoms with Gasteiger partial charge in [-0.25, -0.2) is 26.8 Å². The van der Waals surface area contributed by atoms with E-state index in [0.29, 0.717) is 16.3 Å². The summed E-state index contributed by atoms with van der Waals surface area (Å²) in [6, 6.07) is 25.6. The Hall–Kier alpha value is -2.85. The van der Waals surface area contributed by atoms with Crippen molar-refractivity contribution in [1.82, 2.24) is 0 Å². The topological polar surface area (TPSA) is 4.36 Å². The second-order valence-corrected chi connectivity index (χ2v) is 12.1. The van der Waals surface area contributed by atoms with E-state index in [1.54, 1.807) is 72.8 Å². The van der Waals surface area contributed by atoms with Gasteiger partial charge in [0.25, 0.3) is 0 Å². The van der Waals surface area contributed by atoms with Crippen LogP contribution in [0.25, 0.3) is 4.85 Å². The molecule has 0 N–H and O–H groups in total. The van der Waals surface area contributed by atoms with E-state index in [1.807, 2.05) is 35.5 Å². The maximum absolute atomic E-state index is 14.3. The van der Waals surface area contributed by atoms with E-state index >= 15 is 0 Å². The Morgan fingerprint density at radius 2 is 0.755 bits per heavy atom. The standard InChI is InChI=1S/C18H10F5P.C10H15.C7H5N.BF4.ClH.Rh/c19-13-14(20)16(22)18(17(23)15(13)21)24(11-7-3-1-4-8-11)12-9-5-2-6-10-12;1-6-7(2)9(4)10(5)8(6)3;1-8-7-5-3-2-4-6-7;2-1(3,4)5;;/h1-10H;1-5H3;2-6H;;1H;/q;;;-1;;+3/p-1. The summed E-state index contributed by atoms with van der Waals surface area (Å²) in [4.78, 5) is 3.22. The van der Waals surface area contributed by atoms with Crippen molar-refractivity contribution in [3.63, 3.8) is 0 Å². The number of hydrogen-bond acceptors (Lipinski definition) is 0. The molecule has 1 fully saturated rings. The molecule has 0 amide bonds. The molecule has 1 saturated carbocycles. The van der Waals surface area contributed by atoms with Crippen LogP contribution in [0.3, 0.4) is 0 Å². The molecule has 0 unspecified atom stereocenters. The van der Waals surface area contributed by atoms with Crippen LogP contribution in [0.15, 0.2) is 91.0 Å². The van der Waals surface area contributed by atoms with Crippen LogP contribution in [0.2, 0.25) is 0 Å². The summed E-state index contributed by atoms with van der Waals surface area (Å²) in [5.74, 6) is -2.24. The van der Waals surface area contributed by atoms with E-state index in [-0.39, 0.29) is 0 Å². The van der Waals surface area contributed by atoms with Crippen molar-refractivity contribution >= 4 is 46.5 Å². The third-order valence-corrected chi connectivity index (χ3v) is 9.61. The predicted molar refractivity (Wildman–Crippen MR) is 178 cm³/mol. The number of hydrogen-bond donors (Lipinski definition) is 0. The van der Waals surface area contributed by atoms with E-state index in [0.717, 1.165) is 0 Å². The first-order chi connectivity index (χ1) is 23.0. The molecule has 1 aliphatic carbocycles. The molecule has 5 radical (unpaired) electrons. The Labute approximate surface area is 297 Å². The van der Waals surface area contributed by atoms with Crippen LogP contribution >= 0.6 is 17.6 Å². The summed E-state index contributed by atoms with van der Waals surface area (Å²) in [6.07, 6.45) is 0. The number of rotatable bonds is 3. The summed E-state index contributed by atoms with van der Waals surface area (Å²) in [5, 5.41) is 0.183. The average molecular weight is 816 g/mol. The fourth-order valence-corrected chi connectivity index (χ4v) is 6.60. The van der Waals surface area contributed by atoms with Gasteiger partial charge in [0.2, 0.25) is 5.82 Å². The maximum atomic E-state index is 14.3. The van der Waals surface area contributed by atoms with Crippen LogP contribution in [0, 0.1) is 65.2 Å². The zero-order valence-electron chi connectivity index (χ0n) is 26.7. The first kappa shape index (κ1) is 44.2. The van der Waals surface area contributed by atoms with E-state index in [1.165, 1.54) is 29.6 Å². The van der Waals surface area contributed by atoms with Crippen molar-refractivity contribution in [2.45, 2.75) is 34.6 Å². The summed E-state index contributed by atoms with van der Waals surface area (Å²) >= 11 is 2.02. The van der Waals surface area contributed by atoms with Crippen LogP contribution in [0.5, 0.6) is 0 Å². The Bertz CT molecular complexity index is 1480. The van der Waals surface area contributed by atoms with Crippen molar-refractivity contribution in [1.29, 1.82) is 0 Å². The molecule has 49 heavy (non-hydrogen) atoms. The molecular weight excluding hydrogens is 786 g/mol. The van der Waals surface area contributed by atoms with Gasteiger partial charge in [-0.15, -0.1) is 0 Å². The van der Waals surface area contributed by atoms with Crippen LogP contribution < -0.4 is 15.9 Å². The van der Waals surface area contributed by atoms with Gasteiger partial charge < -0.3 is 17.3 Å². The van der Waals surface area contributed by atoms with Crippen molar-refractivity contribution in [2.24, 2.45) is 0 Å². The number of nitrogens with zero attached hydrogens (tertiary/aromatic N) is 1. The molecule has 0 bridgehead atoms. The van der Waals surface area contributed by atoms with E-state index in [2.05, 4.69) is 49.2 Å². The molecule has 4 aromatic carbocycles. The second kappa shape index (κ2) is 21.4. The summed E-state index contributed by atoms with van der Waals surface area (Å²) in [7, 11) is -3.40. The van der Waals surface area contributed by atoms with Crippen molar-refractivity contribution in [3.8, 4) is 0 Å². The van der Waals surface area contributed by atoms with Gasteiger partial charge >= 0.3 is 34.3 Å². The molecule has 5 rings (SSSR count). The zero-order chi connectivity index (χ0) is 37.5. The Kier molecular flexibility index (Phi) is 19.3.